The molecule has 0 aliphatic rings. The summed E-state index contributed by atoms with van der Waals surface area (Å²) >= 11 is 7.40. The number of carbonyl (C=O) groups excluding carboxylic acids is 1. The highest BCUT2D eigenvalue weighted by molar-refractivity contribution is 7.99. The van der Waals surface area contributed by atoms with Crippen LogP contribution in [0.4, 0.5) is 5.69 Å². The molecule has 0 spiro atoms. The SMILES string of the molecule is CCCc1nnc(SCC(=O)Nc2ccccc2Cl)n1-n1cccc1. The van der Waals surface area contributed by atoms with E-state index in [4.69, 9.17) is 11.6 Å². The monoisotopic (exact) mass is 375 g/mol. The van der Waals surface area contributed by atoms with Crippen LogP contribution < -0.4 is 5.32 Å². The Balaban J connectivity index is 1.71. The molecule has 0 unspecified atom stereocenters. The average Bonchev–Trinajstić information content (AvgIpc) is 3.25. The van der Waals surface area contributed by atoms with E-state index in [9.17, 15) is 4.79 Å². The number of amides is 1. The van der Waals surface area contributed by atoms with Crippen molar-refractivity contribution in [2.24, 2.45) is 0 Å². The molecule has 1 aromatic carbocycles. The number of hydrogen-bond donors (Lipinski definition) is 1. The number of nitrogens with zero attached hydrogens (tertiary/aromatic N) is 4. The third-order valence-corrected chi connectivity index (χ3v) is 4.70. The molecule has 1 N–H and O–H groups in total. The molecule has 0 saturated carbocycles. The fourth-order valence-electron chi connectivity index (χ4n) is 2.33. The van der Waals surface area contributed by atoms with Gasteiger partial charge in [-0.3, -0.25) is 9.47 Å². The van der Waals surface area contributed by atoms with Crippen LogP contribution in [0.5, 0.6) is 0 Å². The Kier molecular flexibility index (Phi) is 5.78. The largest absolute Gasteiger partial charge is 0.324 e. The van der Waals surface area contributed by atoms with Crippen molar-refractivity contribution in [2.75, 3.05) is 11.1 Å². The van der Waals surface area contributed by atoms with Crippen LogP contribution in [0.25, 0.3) is 0 Å². The van der Waals surface area contributed by atoms with Crippen LogP contribution in [0.15, 0.2) is 53.9 Å². The molecule has 0 aliphatic heterocycles. The minimum absolute atomic E-state index is 0.141. The van der Waals surface area contributed by atoms with Gasteiger partial charge in [0, 0.05) is 18.8 Å². The molecule has 0 radical (unpaired) electrons. The van der Waals surface area contributed by atoms with Gasteiger partial charge < -0.3 is 5.32 Å². The second kappa shape index (κ2) is 8.22. The molecule has 0 atom stereocenters. The Morgan fingerprint density at radius 3 is 2.68 bits per heavy atom. The van der Waals surface area contributed by atoms with E-state index in [-0.39, 0.29) is 11.7 Å². The fourth-order valence-corrected chi connectivity index (χ4v) is 3.27. The van der Waals surface area contributed by atoms with Crippen LogP contribution in [0, 0.1) is 0 Å². The van der Waals surface area contributed by atoms with E-state index in [0.717, 1.165) is 18.7 Å². The first-order valence-electron chi connectivity index (χ1n) is 7.94. The first kappa shape index (κ1) is 17.6. The highest BCUT2D eigenvalue weighted by Crippen LogP contribution is 2.22. The topological polar surface area (TPSA) is 64.7 Å². The van der Waals surface area contributed by atoms with Gasteiger partial charge in [-0.05, 0) is 30.7 Å². The van der Waals surface area contributed by atoms with Crippen molar-refractivity contribution >= 4 is 35.0 Å². The summed E-state index contributed by atoms with van der Waals surface area (Å²) < 4.78 is 3.84. The minimum Gasteiger partial charge on any atom is -0.324 e. The van der Waals surface area contributed by atoms with Gasteiger partial charge in [-0.1, -0.05) is 42.4 Å². The number of halogens is 1. The Bertz CT molecular complexity index is 847. The molecule has 25 heavy (non-hydrogen) atoms. The zero-order valence-corrected chi connectivity index (χ0v) is 15.3. The molecule has 0 bridgehead atoms. The molecular weight excluding hydrogens is 358 g/mol. The van der Waals surface area contributed by atoms with Gasteiger partial charge in [0.2, 0.25) is 11.1 Å². The number of aromatic nitrogens is 4. The molecule has 8 heteroatoms. The van der Waals surface area contributed by atoms with Crippen LogP contribution in [0.2, 0.25) is 5.02 Å². The van der Waals surface area contributed by atoms with Gasteiger partial charge >= 0.3 is 0 Å². The number of aryl methyl sites for hydroxylation is 1. The van der Waals surface area contributed by atoms with Crippen molar-refractivity contribution in [2.45, 2.75) is 24.9 Å². The summed E-state index contributed by atoms with van der Waals surface area (Å²) in [6.07, 6.45) is 5.64. The quantitative estimate of drug-likeness (QED) is 0.639. The fraction of sp³-hybridized carbons (Fsp3) is 0.235. The molecule has 2 aromatic heterocycles. The Morgan fingerprint density at radius 2 is 1.96 bits per heavy atom. The lowest BCUT2D eigenvalue weighted by atomic mass is 10.3. The van der Waals surface area contributed by atoms with E-state index in [1.54, 1.807) is 12.1 Å². The Morgan fingerprint density at radius 1 is 1.20 bits per heavy atom. The maximum absolute atomic E-state index is 12.2. The number of carbonyl (C=O) groups is 1. The summed E-state index contributed by atoms with van der Waals surface area (Å²) in [7, 11) is 0. The van der Waals surface area contributed by atoms with E-state index in [0.29, 0.717) is 15.9 Å². The van der Waals surface area contributed by atoms with E-state index in [2.05, 4.69) is 22.4 Å². The number of para-hydroxylation sites is 1. The maximum Gasteiger partial charge on any atom is 0.234 e. The average molecular weight is 376 g/mol. The lowest BCUT2D eigenvalue weighted by Crippen LogP contribution is -2.16. The van der Waals surface area contributed by atoms with Crippen molar-refractivity contribution in [1.29, 1.82) is 0 Å². The van der Waals surface area contributed by atoms with Crippen LogP contribution in [0.1, 0.15) is 19.2 Å². The number of hydrogen-bond acceptors (Lipinski definition) is 4. The molecule has 1 amide bonds. The summed E-state index contributed by atoms with van der Waals surface area (Å²) in [5.41, 5.74) is 0.605. The third-order valence-electron chi connectivity index (χ3n) is 3.45. The number of benzene rings is 1. The Labute approximate surface area is 155 Å². The number of nitrogens with one attached hydrogen (secondary N) is 1. The molecule has 0 aliphatic carbocycles. The summed E-state index contributed by atoms with van der Waals surface area (Å²) in [6.45, 7) is 2.10. The highest BCUT2D eigenvalue weighted by atomic mass is 35.5. The zero-order valence-electron chi connectivity index (χ0n) is 13.7. The van der Waals surface area contributed by atoms with Crippen molar-refractivity contribution in [3.8, 4) is 0 Å². The molecule has 3 rings (SSSR count). The second-order valence-electron chi connectivity index (χ2n) is 5.34. The molecule has 0 saturated heterocycles. The zero-order chi connectivity index (χ0) is 17.6. The summed E-state index contributed by atoms with van der Waals surface area (Å²) in [4.78, 5) is 12.2. The maximum atomic E-state index is 12.2. The van der Waals surface area contributed by atoms with Crippen LogP contribution in [-0.4, -0.2) is 31.2 Å². The molecule has 3 aromatic rings. The van der Waals surface area contributed by atoms with Gasteiger partial charge in [0.15, 0.2) is 5.82 Å². The molecular formula is C17H18ClN5OS. The minimum atomic E-state index is -0.141. The van der Waals surface area contributed by atoms with Gasteiger partial charge in [0.25, 0.3) is 0 Å². The predicted octanol–water partition coefficient (Wildman–Crippen LogP) is 3.73. The lowest BCUT2D eigenvalue weighted by Gasteiger charge is -2.11. The highest BCUT2D eigenvalue weighted by Gasteiger charge is 2.15. The summed E-state index contributed by atoms with van der Waals surface area (Å²) in [5, 5.41) is 12.5. The lowest BCUT2D eigenvalue weighted by molar-refractivity contribution is -0.113. The molecule has 0 fully saturated rings. The number of anilines is 1. The second-order valence-corrected chi connectivity index (χ2v) is 6.69. The summed E-state index contributed by atoms with van der Waals surface area (Å²) in [6, 6.07) is 11.0. The smallest absolute Gasteiger partial charge is 0.234 e. The number of rotatable bonds is 7. The van der Waals surface area contributed by atoms with Crippen molar-refractivity contribution in [1.82, 2.24) is 19.5 Å². The van der Waals surface area contributed by atoms with Gasteiger partial charge in [-0.2, -0.15) is 0 Å². The third kappa shape index (κ3) is 4.24. The molecule has 6 nitrogen and oxygen atoms in total. The van der Waals surface area contributed by atoms with Crippen LogP contribution >= 0.6 is 23.4 Å². The van der Waals surface area contributed by atoms with Crippen molar-refractivity contribution in [3.05, 3.63) is 59.6 Å². The Hall–Kier alpha value is -2.25. The van der Waals surface area contributed by atoms with E-state index >= 15 is 0 Å². The number of thioether (sulfide) groups is 1. The van der Waals surface area contributed by atoms with E-state index in [1.807, 2.05) is 46.0 Å². The first-order chi connectivity index (χ1) is 12.2. The van der Waals surface area contributed by atoms with Gasteiger partial charge in [0.05, 0.1) is 16.5 Å². The summed E-state index contributed by atoms with van der Waals surface area (Å²) in [5.74, 6) is 0.946. The first-order valence-corrected chi connectivity index (χ1v) is 9.30. The van der Waals surface area contributed by atoms with Crippen molar-refractivity contribution in [3.63, 3.8) is 0 Å². The standard InChI is InChI=1S/C17H18ClN5OS/c1-2-7-15-20-21-17(23(15)22-10-5-6-11-22)25-12-16(24)19-14-9-4-3-8-13(14)18/h3-6,8-11H,2,7,12H2,1H3,(H,19,24). The molecule has 2 heterocycles. The van der Waals surface area contributed by atoms with E-state index in [1.165, 1.54) is 11.8 Å². The normalized spacial score (nSPS) is 10.8. The van der Waals surface area contributed by atoms with Crippen LogP contribution in [0.3, 0.4) is 0 Å². The van der Waals surface area contributed by atoms with Crippen molar-refractivity contribution < 1.29 is 4.79 Å². The van der Waals surface area contributed by atoms with E-state index < -0.39 is 0 Å². The van der Waals surface area contributed by atoms with Gasteiger partial charge in [0.1, 0.15) is 0 Å². The van der Waals surface area contributed by atoms with Crippen LogP contribution in [-0.2, 0) is 11.2 Å². The predicted molar refractivity (Wildman–Crippen MR) is 100 cm³/mol. The van der Waals surface area contributed by atoms with Gasteiger partial charge in [-0.25, -0.2) is 4.68 Å². The van der Waals surface area contributed by atoms with Gasteiger partial charge in [-0.15, -0.1) is 10.2 Å². The molecule has 130 valence electrons.